The Morgan fingerprint density at radius 2 is 1.93 bits per heavy atom. The summed E-state index contributed by atoms with van der Waals surface area (Å²) in [5.74, 6) is -0.680. The number of hydrogen-bond acceptors (Lipinski definition) is 5. The van der Waals surface area contributed by atoms with Gasteiger partial charge in [-0.25, -0.2) is 4.79 Å². The Morgan fingerprint density at radius 1 is 1.21 bits per heavy atom. The van der Waals surface area contributed by atoms with Gasteiger partial charge in [-0.15, -0.1) is 0 Å². The van der Waals surface area contributed by atoms with Crippen LogP contribution in [0.1, 0.15) is 18.9 Å². The van der Waals surface area contributed by atoms with Crippen LogP contribution in [0.4, 0.5) is 18.9 Å². The fourth-order valence-corrected chi connectivity index (χ4v) is 4.28. The summed E-state index contributed by atoms with van der Waals surface area (Å²) in [6, 6.07) is 5.21. The number of amides is 1. The van der Waals surface area contributed by atoms with Gasteiger partial charge in [-0.2, -0.15) is 13.2 Å². The van der Waals surface area contributed by atoms with Crippen LogP contribution in [0.15, 0.2) is 35.4 Å². The molecule has 1 aromatic carbocycles. The van der Waals surface area contributed by atoms with Crippen molar-refractivity contribution < 1.29 is 27.5 Å². The number of carbonyl (C=O) groups excluding carboxylic acids is 2. The minimum Gasteiger partial charge on any atom is -0.449 e. The van der Waals surface area contributed by atoms with Crippen molar-refractivity contribution in [2.24, 2.45) is 0 Å². The molecule has 0 aromatic heterocycles. The molecule has 3 heterocycles. The van der Waals surface area contributed by atoms with Crippen molar-refractivity contribution in [2.45, 2.75) is 25.1 Å². The first-order valence-corrected chi connectivity index (χ1v) is 9.58. The van der Waals surface area contributed by atoms with Gasteiger partial charge in [0.25, 0.3) is 5.91 Å². The van der Waals surface area contributed by atoms with Crippen molar-refractivity contribution in [2.75, 3.05) is 44.2 Å². The highest BCUT2D eigenvalue weighted by molar-refractivity contribution is 6.07. The third-order valence-corrected chi connectivity index (χ3v) is 5.86. The van der Waals surface area contributed by atoms with Crippen LogP contribution in [0.25, 0.3) is 0 Å². The molecule has 0 aliphatic carbocycles. The normalized spacial score (nSPS) is 25.2. The number of anilines is 1. The van der Waals surface area contributed by atoms with Crippen LogP contribution in [-0.4, -0.2) is 61.6 Å². The van der Waals surface area contributed by atoms with Gasteiger partial charge in [-0.3, -0.25) is 4.79 Å². The molecule has 2 saturated heterocycles. The quantitative estimate of drug-likeness (QED) is 0.757. The topological polar surface area (TPSA) is 61.9 Å². The molecule has 1 amide bonds. The van der Waals surface area contributed by atoms with Gasteiger partial charge in [0, 0.05) is 50.4 Å². The van der Waals surface area contributed by atoms with Gasteiger partial charge in [0.15, 0.2) is 5.60 Å². The van der Waals surface area contributed by atoms with Crippen LogP contribution in [0.5, 0.6) is 0 Å². The van der Waals surface area contributed by atoms with E-state index in [0.29, 0.717) is 62.5 Å². The van der Waals surface area contributed by atoms with E-state index >= 15 is 0 Å². The standard InChI is InChI=1S/C20H22F3N3O3/c1-13-16(19(29-18(13)28)5-6-24-12-19)17(27)26-9-7-25(8-10-26)15-4-2-3-14(11-15)20(21,22)23/h2-4,11,24H,5-10,12H2,1H3. The number of nitrogens with zero attached hydrogens (tertiary/aromatic N) is 2. The van der Waals surface area contributed by atoms with Crippen molar-refractivity contribution in [3.05, 3.63) is 41.0 Å². The molecule has 0 saturated carbocycles. The maximum Gasteiger partial charge on any atom is 0.416 e. The van der Waals surface area contributed by atoms with Gasteiger partial charge in [0.2, 0.25) is 0 Å². The summed E-state index contributed by atoms with van der Waals surface area (Å²) < 4.78 is 44.4. The van der Waals surface area contributed by atoms with E-state index in [0.717, 1.165) is 12.1 Å². The molecule has 6 nitrogen and oxygen atoms in total. The lowest BCUT2D eigenvalue weighted by Crippen LogP contribution is -2.51. The average molecular weight is 409 g/mol. The first-order valence-electron chi connectivity index (χ1n) is 9.58. The van der Waals surface area contributed by atoms with E-state index in [4.69, 9.17) is 4.74 Å². The Labute approximate surface area is 166 Å². The molecule has 1 atom stereocenters. The van der Waals surface area contributed by atoms with E-state index in [9.17, 15) is 22.8 Å². The van der Waals surface area contributed by atoms with Crippen molar-refractivity contribution in [3.8, 4) is 0 Å². The van der Waals surface area contributed by atoms with Crippen molar-refractivity contribution in [1.29, 1.82) is 0 Å². The zero-order chi connectivity index (χ0) is 20.8. The second-order valence-electron chi connectivity index (χ2n) is 7.64. The molecule has 3 aliphatic heterocycles. The maximum absolute atomic E-state index is 13.2. The number of benzene rings is 1. The zero-order valence-electron chi connectivity index (χ0n) is 16.0. The molecule has 29 heavy (non-hydrogen) atoms. The van der Waals surface area contributed by atoms with Crippen LogP contribution in [0.2, 0.25) is 0 Å². The molecule has 0 bridgehead atoms. The monoisotopic (exact) mass is 409 g/mol. The van der Waals surface area contributed by atoms with Crippen LogP contribution in [-0.2, 0) is 20.5 Å². The Kier molecular flexibility index (Phi) is 4.80. The minimum absolute atomic E-state index is 0.222. The highest BCUT2D eigenvalue weighted by Crippen LogP contribution is 2.39. The first kappa shape index (κ1) is 19.8. The van der Waals surface area contributed by atoms with Crippen LogP contribution >= 0.6 is 0 Å². The molecule has 0 radical (unpaired) electrons. The van der Waals surface area contributed by atoms with E-state index in [1.54, 1.807) is 17.9 Å². The largest absolute Gasteiger partial charge is 0.449 e. The molecular formula is C20H22F3N3O3. The van der Waals surface area contributed by atoms with Gasteiger partial charge >= 0.3 is 12.1 Å². The van der Waals surface area contributed by atoms with Crippen molar-refractivity contribution in [3.63, 3.8) is 0 Å². The first-order chi connectivity index (χ1) is 13.7. The third kappa shape index (κ3) is 3.48. The molecule has 3 aliphatic rings. The van der Waals surface area contributed by atoms with E-state index in [1.165, 1.54) is 6.07 Å². The number of alkyl halides is 3. The molecule has 2 fully saturated rings. The second kappa shape index (κ2) is 7.05. The number of rotatable bonds is 2. The molecule has 1 spiro atoms. The smallest absolute Gasteiger partial charge is 0.416 e. The van der Waals surface area contributed by atoms with E-state index in [-0.39, 0.29) is 5.91 Å². The Balaban J connectivity index is 1.47. The summed E-state index contributed by atoms with van der Waals surface area (Å²) in [6.45, 7) is 4.26. The predicted molar refractivity (Wildman–Crippen MR) is 99.2 cm³/mol. The minimum atomic E-state index is -4.39. The number of nitrogens with one attached hydrogen (secondary N) is 1. The summed E-state index contributed by atoms with van der Waals surface area (Å²) in [5.41, 5.74) is -0.333. The van der Waals surface area contributed by atoms with Gasteiger partial charge in [-0.05, 0) is 31.7 Å². The highest BCUT2D eigenvalue weighted by atomic mass is 19.4. The van der Waals surface area contributed by atoms with Crippen molar-refractivity contribution >= 4 is 17.6 Å². The van der Waals surface area contributed by atoms with Crippen LogP contribution in [0.3, 0.4) is 0 Å². The molecule has 156 valence electrons. The van der Waals surface area contributed by atoms with E-state index < -0.39 is 23.3 Å². The Hall–Kier alpha value is -2.55. The van der Waals surface area contributed by atoms with Gasteiger partial charge in [0.1, 0.15) is 0 Å². The Bertz CT molecular complexity index is 867. The number of ether oxygens (including phenoxy) is 1. The van der Waals surface area contributed by atoms with Gasteiger partial charge in [0.05, 0.1) is 11.1 Å². The van der Waals surface area contributed by atoms with E-state index in [2.05, 4.69) is 5.32 Å². The summed E-state index contributed by atoms with van der Waals surface area (Å²) in [6.07, 6.45) is -3.84. The zero-order valence-corrected chi connectivity index (χ0v) is 16.0. The lowest BCUT2D eigenvalue weighted by Gasteiger charge is -2.38. The fraction of sp³-hybridized carbons (Fsp3) is 0.500. The molecule has 1 aromatic rings. The maximum atomic E-state index is 13.2. The number of esters is 1. The SMILES string of the molecule is CC1=C(C(=O)N2CCN(c3cccc(C(F)(F)F)c3)CC2)C2(CCNC2)OC1=O. The average Bonchev–Trinajstić information content (AvgIpc) is 3.25. The molecular weight excluding hydrogens is 387 g/mol. The van der Waals surface area contributed by atoms with Crippen LogP contribution < -0.4 is 10.2 Å². The lowest BCUT2D eigenvalue weighted by molar-refractivity contribution is -0.146. The number of piperazine rings is 1. The third-order valence-electron chi connectivity index (χ3n) is 5.86. The summed E-state index contributed by atoms with van der Waals surface area (Å²) in [7, 11) is 0. The van der Waals surface area contributed by atoms with E-state index in [1.807, 2.05) is 4.90 Å². The fourth-order valence-electron chi connectivity index (χ4n) is 4.28. The summed E-state index contributed by atoms with van der Waals surface area (Å²) >= 11 is 0. The summed E-state index contributed by atoms with van der Waals surface area (Å²) in [4.78, 5) is 28.8. The predicted octanol–water partition coefficient (Wildman–Crippen LogP) is 1.96. The molecule has 9 heteroatoms. The Morgan fingerprint density at radius 3 is 2.55 bits per heavy atom. The molecule has 4 rings (SSSR count). The number of carbonyl (C=O) groups is 2. The molecule has 1 unspecified atom stereocenters. The summed E-state index contributed by atoms with van der Waals surface area (Å²) in [5, 5.41) is 3.15. The highest BCUT2D eigenvalue weighted by Gasteiger charge is 2.52. The molecule has 1 N–H and O–H groups in total. The second-order valence-corrected chi connectivity index (χ2v) is 7.64. The van der Waals surface area contributed by atoms with Crippen molar-refractivity contribution in [1.82, 2.24) is 10.2 Å². The number of hydrogen-bond donors (Lipinski definition) is 1. The van der Waals surface area contributed by atoms with Gasteiger partial charge < -0.3 is 19.9 Å². The van der Waals surface area contributed by atoms with Gasteiger partial charge in [-0.1, -0.05) is 6.07 Å². The van der Waals surface area contributed by atoms with Crippen LogP contribution in [0, 0.1) is 0 Å². The lowest BCUT2D eigenvalue weighted by atomic mass is 9.90. The number of halogens is 3.